The zero-order valence-electron chi connectivity index (χ0n) is 15.9. The molecule has 152 valence electrons. The number of amides is 1. The molecule has 3 aromatic rings. The average Bonchev–Trinajstić information content (AvgIpc) is 3.24. The molecule has 0 saturated carbocycles. The van der Waals surface area contributed by atoms with Crippen LogP contribution in [0.2, 0.25) is 0 Å². The Bertz CT molecular complexity index is 1150. The number of benzene rings is 1. The molecule has 0 aliphatic carbocycles. The van der Waals surface area contributed by atoms with Gasteiger partial charge in [0, 0.05) is 44.7 Å². The standard InChI is InChI=1S/C18H20N6O4S/c1-22(2)29(27,28)15-6-4-14(5-7-15)18(26)19-11-13-24-17(25)9-8-16(21-24)23-12-3-10-20-23/h3-10,12H,11,13H2,1-2H3,(H,19,26). The number of carbonyl (C=O) groups is 1. The van der Waals surface area contributed by atoms with Crippen LogP contribution < -0.4 is 10.9 Å². The normalized spacial score (nSPS) is 11.6. The van der Waals surface area contributed by atoms with Crippen molar-refractivity contribution in [3.05, 3.63) is 70.8 Å². The average molecular weight is 416 g/mol. The van der Waals surface area contributed by atoms with Crippen molar-refractivity contribution in [1.29, 1.82) is 0 Å². The molecule has 1 amide bonds. The maximum absolute atomic E-state index is 12.3. The summed E-state index contributed by atoms with van der Waals surface area (Å²) in [6.45, 7) is 0.346. The Labute approximate surface area is 167 Å². The van der Waals surface area contributed by atoms with Crippen molar-refractivity contribution in [2.24, 2.45) is 0 Å². The van der Waals surface area contributed by atoms with E-state index in [4.69, 9.17) is 0 Å². The van der Waals surface area contributed by atoms with Crippen LogP contribution in [-0.2, 0) is 16.6 Å². The Kier molecular flexibility index (Phi) is 5.89. The maximum atomic E-state index is 12.3. The van der Waals surface area contributed by atoms with Crippen LogP contribution in [0, 0.1) is 0 Å². The summed E-state index contributed by atoms with van der Waals surface area (Å²) in [6.07, 6.45) is 3.31. The van der Waals surface area contributed by atoms with E-state index >= 15 is 0 Å². The van der Waals surface area contributed by atoms with E-state index in [1.54, 1.807) is 24.5 Å². The van der Waals surface area contributed by atoms with Crippen molar-refractivity contribution in [3.63, 3.8) is 0 Å². The summed E-state index contributed by atoms with van der Waals surface area (Å²) in [7, 11) is -0.676. The first-order valence-electron chi connectivity index (χ1n) is 8.68. The molecule has 10 nitrogen and oxygen atoms in total. The molecule has 1 aromatic carbocycles. The first kappa shape index (κ1) is 20.4. The summed E-state index contributed by atoms with van der Waals surface area (Å²) in [6, 6.07) is 10.3. The summed E-state index contributed by atoms with van der Waals surface area (Å²) in [5.74, 6) is 0.105. The smallest absolute Gasteiger partial charge is 0.266 e. The second-order valence-electron chi connectivity index (χ2n) is 6.27. The number of nitrogens with zero attached hydrogens (tertiary/aromatic N) is 5. The lowest BCUT2D eigenvalue weighted by Gasteiger charge is -2.12. The Morgan fingerprint density at radius 1 is 1.14 bits per heavy atom. The maximum Gasteiger partial charge on any atom is 0.266 e. The number of rotatable bonds is 7. The highest BCUT2D eigenvalue weighted by Gasteiger charge is 2.17. The van der Waals surface area contributed by atoms with Gasteiger partial charge in [0.1, 0.15) is 0 Å². The van der Waals surface area contributed by atoms with Crippen LogP contribution >= 0.6 is 0 Å². The van der Waals surface area contributed by atoms with E-state index in [0.717, 1.165) is 4.31 Å². The van der Waals surface area contributed by atoms with Crippen LogP contribution in [0.5, 0.6) is 0 Å². The Morgan fingerprint density at radius 2 is 1.86 bits per heavy atom. The topological polar surface area (TPSA) is 119 Å². The molecule has 29 heavy (non-hydrogen) atoms. The minimum absolute atomic E-state index is 0.102. The van der Waals surface area contributed by atoms with Gasteiger partial charge >= 0.3 is 0 Å². The Balaban J connectivity index is 1.63. The molecular formula is C18H20N6O4S. The molecule has 0 saturated heterocycles. The fourth-order valence-electron chi connectivity index (χ4n) is 2.49. The summed E-state index contributed by atoms with van der Waals surface area (Å²) in [5.41, 5.74) is 0.0155. The predicted molar refractivity (Wildman–Crippen MR) is 105 cm³/mol. The molecule has 11 heteroatoms. The van der Waals surface area contributed by atoms with E-state index < -0.39 is 10.0 Å². The van der Waals surface area contributed by atoms with E-state index in [9.17, 15) is 18.0 Å². The van der Waals surface area contributed by atoms with Gasteiger partial charge in [-0.2, -0.15) is 5.10 Å². The number of hydrogen-bond acceptors (Lipinski definition) is 6. The highest BCUT2D eigenvalue weighted by atomic mass is 32.2. The third-order valence-electron chi connectivity index (χ3n) is 4.10. The largest absolute Gasteiger partial charge is 0.350 e. The van der Waals surface area contributed by atoms with Gasteiger partial charge in [-0.3, -0.25) is 9.59 Å². The van der Waals surface area contributed by atoms with Gasteiger partial charge in [0.25, 0.3) is 11.5 Å². The summed E-state index contributed by atoms with van der Waals surface area (Å²) < 4.78 is 28.0. The predicted octanol–water partition coefficient (Wildman–Crippen LogP) is 0.109. The van der Waals surface area contributed by atoms with Crippen LogP contribution in [0.1, 0.15) is 10.4 Å². The molecule has 1 N–H and O–H groups in total. The Hall–Kier alpha value is -3.31. The van der Waals surface area contributed by atoms with Crippen LogP contribution in [0.3, 0.4) is 0 Å². The fourth-order valence-corrected chi connectivity index (χ4v) is 3.39. The number of sulfonamides is 1. The van der Waals surface area contributed by atoms with Gasteiger partial charge < -0.3 is 5.32 Å². The molecule has 0 fully saturated rings. The lowest BCUT2D eigenvalue weighted by Crippen LogP contribution is -2.32. The van der Waals surface area contributed by atoms with Crippen LogP contribution in [0.25, 0.3) is 5.82 Å². The summed E-state index contributed by atoms with van der Waals surface area (Å²) >= 11 is 0. The molecule has 2 heterocycles. The van der Waals surface area contributed by atoms with Gasteiger partial charge in [-0.25, -0.2) is 22.1 Å². The minimum atomic E-state index is -3.55. The van der Waals surface area contributed by atoms with Crippen LogP contribution in [0.15, 0.2) is 64.5 Å². The van der Waals surface area contributed by atoms with Crippen LogP contribution in [0.4, 0.5) is 0 Å². The molecule has 0 bridgehead atoms. The molecule has 0 spiro atoms. The van der Waals surface area contributed by atoms with Gasteiger partial charge in [-0.05, 0) is 36.4 Å². The van der Waals surface area contributed by atoms with E-state index in [-0.39, 0.29) is 29.5 Å². The van der Waals surface area contributed by atoms with E-state index in [2.05, 4.69) is 15.5 Å². The van der Waals surface area contributed by atoms with Gasteiger partial charge in [0.15, 0.2) is 5.82 Å². The zero-order chi connectivity index (χ0) is 21.0. The molecule has 0 atom stereocenters. The fraction of sp³-hybridized carbons (Fsp3) is 0.222. The van der Waals surface area contributed by atoms with Gasteiger partial charge in [0.05, 0.1) is 11.4 Å². The van der Waals surface area contributed by atoms with Crippen molar-refractivity contribution >= 4 is 15.9 Å². The summed E-state index contributed by atoms with van der Waals surface area (Å²) in [5, 5.41) is 11.0. The van der Waals surface area contributed by atoms with Gasteiger partial charge in [-0.15, -0.1) is 5.10 Å². The van der Waals surface area contributed by atoms with E-state index in [1.807, 2.05) is 0 Å². The number of carbonyl (C=O) groups excluding carboxylic acids is 1. The van der Waals surface area contributed by atoms with Crippen LogP contribution in [-0.4, -0.2) is 58.8 Å². The monoisotopic (exact) mass is 416 g/mol. The zero-order valence-corrected chi connectivity index (χ0v) is 16.7. The second-order valence-corrected chi connectivity index (χ2v) is 8.42. The number of aromatic nitrogens is 4. The first-order valence-corrected chi connectivity index (χ1v) is 10.1. The molecular weight excluding hydrogens is 396 g/mol. The first-order chi connectivity index (χ1) is 13.8. The third kappa shape index (κ3) is 4.58. The van der Waals surface area contributed by atoms with Crippen molar-refractivity contribution < 1.29 is 13.2 Å². The summed E-state index contributed by atoms with van der Waals surface area (Å²) in [4.78, 5) is 24.3. The number of hydrogen-bond donors (Lipinski definition) is 1. The van der Waals surface area contributed by atoms with E-state index in [0.29, 0.717) is 11.4 Å². The Morgan fingerprint density at radius 3 is 2.48 bits per heavy atom. The van der Waals surface area contributed by atoms with E-state index in [1.165, 1.54) is 53.8 Å². The highest BCUT2D eigenvalue weighted by molar-refractivity contribution is 7.89. The SMILES string of the molecule is CN(C)S(=O)(=O)c1ccc(C(=O)NCCn2nc(-n3cccn3)ccc2=O)cc1. The van der Waals surface area contributed by atoms with Crippen molar-refractivity contribution in [3.8, 4) is 5.82 Å². The molecule has 0 radical (unpaired) electrons. The van der Waals surface area contributed by atoms with Crippen molar-refractivity contribution in [1.82, 2.24) is 29.2 Å². The third-order valence-corrected chi connectivity index (χ3v) is 5.93. The second kappa shape index (κ2) is 8.37. The molecule has 0 unspecified atom stereocenters. The quantitative estimate of drug-likeness (QED) is 0.584. The molecule has 3 rings (SSSR count). The lowest BCUT2D eigenvalue weighted by molar-refractivity contribution is 0.0951. The van der Waals surface area contributed by atoms with Crippen molar-refractivity contribution in [2.75, 3.05) is 20.6 Å². The molecule has 0 aliphatic heterocycles. The van der Waals surface area contributed by atoms with Gasteiger partial charge in [0.2, 0.25) is 10.0 Å². The highest BCUT2D eigenvalue weighted by Crippen LogP contribution is 2.13. The lowest BCUT2D eigenvalue weighted by atomic mass is 10.2. The van der Waals surface area contributed by atoms with Crippen molar-refractivity contribution in [2.45, 2.75) is 11.4 Å². The number of nitrogens with one attached hydrogen (secondary N) is 1. The minimum Gasteiger partial charge on any atom is -0.350 e. The molecule has 0 aliphatic rings. The molecule has 2 aromatic heterocycles. The van der Waals surface area contributed by atoms with Gasteiger partial charge in [-0.1, -0.05) is 0 Å².